The van der Waals surface area contributed by atoms with Crippen LogP contribution in [0, 0.1) is 17.8 Å². The summed E-state index contributed by atoms with van der Waals surface area (Å²) in [6.07, 6.45) is 9.42. The van der Waals surface area contributed by atoms with E-state index in [1.807, 2.05) is 19.1 Å². The molecule has 3 heterocycles. The minimum Gasteiger partial charge on any atom is -0.467 e. The van der Waals surface area contributed by atoms with Gasteiger partial charge >= 0.3 is 0 Å². The van der Waals surface area contributed by atoms with Crippen LogP contribution in [0.1, 0.15) is 58.1 Å². The third kappa shape index (κ3) is 4.36. The van der Waals surface area contributed by atoms with Crippen LogP contribution in [0.3, 0.4) is 0 Å². The fourth-order valence-corrected chi connectivity index (χ4v) is 6.64. The van der Waals surface area contributed by atoms with Crippen molar-refractivity contribution in [2.75, 3.05) is 18.0 Å². The van der Waals surface area contributed by atoms with Crippen molar-refractivity contribution in [2.24, 2.45) is 17.8 Å². The maximum Gasteiger partial charge on any atom is 0.233 e. The van der Waals surface area contributed by atoms with E-state index in [0.717, 1.165) is 41.8 Å². The Hall–Kier alpha value is -1.96. The highest BCUT2D eigenvalue weighted by molar-refractivity contribution is 8.00. The number of carbonyl (C=O) groups excluding carboxylic acids is 1. The summed E-state index contributed by atoms with van der Waals surface area (Å²) in [4.78, 5) is 15.3. The molecule has 7 nitrogen and oxygen atoms in total. The fourth-order valence-electron chi connectivity index (χ4n) is 5.78. The van der Waals surface area contributed by atoms with Gasteiger partial charge in [0.15, 0.2) is 5.16 Å². The van der Waals surface area contributed by atoms with Crippen molar-refractivity contribution in [3.05, 3.63) is 24.2 Å². The lowest BCUT2D eigenvalue weighted by molar-refractivity contribution is -0.121. The van der Waals surface area contributed by atoms with Crippen LogP contribution in [0.5, 0.6) is 0 Å². The first-order valence-corrected chi connectivity index (χ1v) is 12.6. The molecule has 1 aliphatic heterocycles. The highest BCUT2D eigenvalue weighted by Crippen LogP contribution is 2.49. The molecule has 0 aromatic carbocycles. The van der Waals surface area contributed by atoms with E-state index in [2.05, 4.69) is 31.9 Å². The number of rotatable bonds is 8. The zero-order chi connectivity index (χ0) is 21.4. The summed E-state index contributed by atoms with van der Waals surface area (Å²) in [6, 6.07) is 4.11. The van der Waals surface area contributed by atoms with Gasteiger partial charge < -0.3 is 14.6 Å². The van der Waals surface area contributed by atoms with Gasteiger partial charge in [0.2, 0.25) is 11.9 Å². The summed E-state index contributed by atoms with van der Waals surface area (Å²) in [7, 11) is 0. The van der Waals surface area contributed by atoms with E-state index in [9.17, 15) is 4.79 Å². The molecule has 1 amide bonds. The van der Waals surface area contributed by atoms with E-state index in [4.69, 9.17) is 4.42 Å². The first-order valence-electron chi connectivity index (χ1n) is 11.8. The number of fused-ring (bicyclic) bond motifs is 2. The Morgan fingerprint density at radius 3 is 2.77 bits per heavy atom. The van der Waals surface area contributed by atoms with Gasteiger partial charge in [0, 0.05) is 19.1 Å². The minimum absolute atomic E-state index is 0.0931. The Balaban J connectivity index is 1.26. The van der Waals surface area contributed by atoms with Gasteiger partial charge in [-0.2, -0.15) is 0 Å². The third-order valence-electron chi connectivity index (χ3n) is 7.44. The summed E-state index contributed by atoms with van der Waals surface area (Å²) in [6.45, 7) is 6.72. The molecule has 5 unspecified atom stereocenters. The van der Waals surface area contributed by atoms with Crippen LogP contribution >= 0.6 is 11.8 Å². The Morgan fingerprint density at radius 2 is 2.10 bits per heavy atom. The molecule has 2 aromatic heterocycles. The van der Waals surface area contributed by atoms with E-state index in [1.54, 1.807) is 6.26 Å². The number of thioether (sulfide) groups is 1. The van der Waals surface area contributed by atoms with E-state index >= 15 is 0 Å². The molecule has 168 valence electrons. The third-order valence-corrected chi connectivity index (χ3v) is 8.52. The number of anilines is 1. The zero-order valence-corrected chi connectivity index (χ0v) is 19.3. The van der Waals surface area contributed by atoms with Gasteiger partial charge in [-0.1, -0.05) is 18.2 Å². The van der Waals surface area contributed by atoms with Crippen molar-refractivity contribution in [1.82, 2.24) is 20.1 Å². The van der Waals surface area contributed by atoms with Gasteiger partial charge in [-0.05, 0) is 75.8 Å². The monoisotopic (exact) mass is 443 g/mol. The highest BCUT2D eigenvalue weighted by Gasteiger charge is 2.42. The van der Waals surface area contributed by atoms with Gasteiger partial charge in [0.25, 0.3) is 0 Å². The number of furan rings is 1. The van der Waals surface area contributed by atoms with Gasteiger partial charge in [-0.3, -0.25) is 9.36 Å². The van der Waals surface area contributed by atoms with E-state index in [1.165, 1.54) is 50.3 Å². The van der Waals surface area contributed by atoms with Crippen LogP contribution in [0.25, 0.3) is 0 Å². The standard InChI is InChI=1S/C23H33N5O2S/c1-15(20-13-17-7-8-18(20)12-17)24-21(29)16(2)31-23-26-25-22(27-9-3-4-10-27)28(23)14-19-6-5-11-30-19/h5-6,11,15-18,20H,3-4,7-10,12-14H2,1-2H3,(H,24,29). The minimum atomic E-state index is -0.230. The lowest BCUT2D eigenvalue weighted by atomic mass is 9.84. The molecular weight excluding hydrogens is 410 g/mol. The van der Waals surface area contributed by atoms with Gasteiger partial charge in [-0.15, -0.1) is 10.2 Å². The summed E-state index contributed by atoms with van der Waals surface area (Å²) >= 11 is 1.49. The maximum absolute atomic E-state index is 13.0. The summed E-state index contributed by atoms with van der Waals surface area (Å²) < 4.78 is 7.68. The molecule has 5 atom stereocenters. The number of amides is 1. The number of aromatic nitrogens is 3. The van der Waals surface area contributed by atoms with Crippen LogP contribution in [0.15, 0.2) is 28.0 Å². The highest BCUT2D eigenvalue weighted by atomic mass is 32.2. The largest absolute Gasteiger partial charge is 0.467 e. The lowest BCUT2D eigenvalue weighted by Gasteiger charge is -2.29. The molecule has 0 spiro atoms. The topological polar surface area (TPSA) is 76.2 Å². The van der Waals surface area contributed by atoms with Crippen molar-refractivity contribution in [1.29, 1.82) is 0 Å². The molecular formula is C23H33N5O2S. The average molecular weight is 444 g/mol. The second kappa shape index (κ2) is 8.88. The van der Waals surface area contributed by atoms with Gasteiger partial charge in [0.05, 0.1) is 18.1 Å². The zero-order valence-electron chi connectivity index (χ0n) is 18.5. The first-order chi connectivity index (χ1) is 15.1. The molecule has 2 bridgehead atoms. The molecule has 2 aromatic rings. The molecule has 2 saturated carbocycles. The predicted octanol–water partition coefficient (Wildman–Crippen LogP) is 3.94. The molecule has 31 heavy (non-hydrogen) atoms. The summed E-state index contributed by atoms with van der Waals surface area (Å²) in [5, 5.41) is 12.8. The Kier molecular flexibility index (Phi) is 5.99. The Labute approximate surface area is 188 Å². The van der Waals surface area contributed by atoms with Crippen molar-refractivity contribution in [3.8, 4) is 0 Å². The number of nitrogens with one attached hydrogen (secondary N) is 1. The maximum atomic E-state index is 13.0. The predicted molar refractivity (Wildman–Crippen MR) is 121 cm³/mol. The fraction of sp³-hybridized carbons (Fsp3) is 0.696. The molecule has 3 fully saturated rings. The van der Waals surface area contributed by atoms with Crippen molar-refractivity contribution in [2.45, 2.75) is 75.4 Å². The molecule has 5 rings (SSSR count). The average Bonchev–Trinajstić information content (AvgIpc) is 3.57. The molecule has 8 heteroatoms. The van der Waals surface area contributed by atoms with Crippen LogP contribution < -0.4 is 10.2 Å². The Morgan fingerprint density at radius 1 is 1.26 bits per heavy atom. The quantitative estimate of drug-likeness (QED) is 0.623. The second-order valence-electron chi connectivity index (χ2n) is 9.54. The van der Waals surface area contributed by atoms with E-state index < -0.39 is 0 Å². The van der Waals surface area contributed by atoms with Crippen LogP contribution in [-0.4, -0.2) is 45.1 Å². The second-order valence-corrected chi connectivity index (χ2v) is 10.8. The number of carbonyl (C=O) groups is 1. The van der Waals surface area contributed by atoms with Gasteiger partial charge in [0.1, 0.15) is 5.76 Å². The van der Waals surface area contributed by atoms with Crippen LogP contribution in [0.4, 0.5) is 5.95 Å². The number of hydrogen-bond acceptors (Lipinski definition) is 6. The Bertz CT molecular complexity index is 892. The van der Waals surface area contributed by atoms with Crippen molar-refractivity contribution in [3.63, 3.8) is 0 Å². The van der Waals surface area contributed by atoms with Crippen LogP contribution in [-0.2, 0) is 11.3 Å². The molecule has 1 N–H and O–H groups in total. The van der Waals surface area contributed by atoms with Gasteiger partial charge in [-0.25, -0.2) is 0 Å². The molecule has 1 saturated heterocycles. The summed E-state index contributed by atoms with van der Waals surface area (Å²) in [5.74, 6) is 4.18. The lowest BCUT2D eigenvalue weighted by Crippen LogP contribution is -2.43. The molecule has 2 aliphatic carbocycles. The summed E-state index contributed by atoms with van der Waals surface area (Å²) in [5.41, 5.74) is 0. The van der Waals surface area contributed by atoms with E-state index in [0.29, 0.717) is 12.5 Å². The van der Waals surface area contributed by atoms with Crippen molar-refractivity contribution < 1.29 is 9.21 Å². The van der Waals surface area contributed by atoms with Crippen LogP contribution in [0.2, 0.25) is 0 Å². The normalized spacial score (nSPS) is 27.0. The van der Waals surface area contributed by atoms with E-state index in [-0.39, 0.29) is 17.2 Å². The number of nitrogens with zero attached hydrogens (tertiary/aromatic N) is 4. The SMILES string of the molecule is CC(Sc1nnc(N2CCCC2)n1Cc1ccco1)C(=O)NC(C)C1CC2CCC1C2. The molecule has 3 aliphatic rings. The smallest absolute Gasteiger partial charge is 0.233 e. The number of hydrogen-bond donors (Lipinski definition) is 1. The van der Waals surface area contributed by atoms with Crippen molar-refractivity contribution >= 4 is 23.6 Å². The molecule has 0 radical (unpaired) electrons. The first kappa shape index (κ1) is 20.9.